The molecule has 0 aliphatic carbocycles. The van der Waals surface area contributed by atoms with Gasteiger partial charge in [0.25, 0.3) is 0 Å². The van der Waals surface area contributed by atoms with E-state index in [9.17, 15) is 18.0 Å². The largest absolute Gasteiger partial charge is 0.416 e. The number of Topliss-reactive ketones (excluding diaryl/α,β-unsaturated/α-hetero) is 1. The zero-order valence-electron chi connectivity index (χ0n) is 11.3. The third kappa shape index (κ3) is 3.26. The number of benzene rings is 1. The summed E-state index contributed by atoms with van der Waals surface area (Å²) >= 11 is 6.05. The Morgan fingerprint density at radius 1 is 1.29 bits per heavy atom. The molecule has 3 nitrogen and oxygen atoms in total. The van der Waals surface area contributed by atoms with Gasteiger partial charge in [-0.05, 0) is 19.1 Å². The minimum Gasteiger partial charge on any atom is -0.294 e. The molecule has 0 spiro atoms. The van der Waals surface area contributed by atoms with Gasteiger partial charge in [-0.2, -0.15) is 18.3 Å². The molecule has 7 heteroatoms. The minimum absolute atomic E-state index is 0.0124. The summed E-state index contributed by atoms with van der Waals surface area (Å²) in [6, 6.07) is 4.12. The average molecular weight is 317 g/mol. The van der Waals surface area contributed by atoms with Gasteiger partial charge in [0.05, 0.1) is 28.4 Å². The number of hydrogen-bond donors (Lipinski definition) is 0. The second-order valence-corrected chi connectivity index (χ2v) is 5.02. The third-order valence-corrected chi connectivity index (χ3v) is 3.62. The van der Waals surface area contributed by atoms with Crippen molar-refractivity contribution in [1.29, 1.82) is 0 Å². The van der Waals surface area contributed by atoms with E-state index in [0.29, 0.717) is 16.4 Å². The Hall–Kier alpha value is -1.82. The van der Waals surface area contributed by atoms with E-state index in [1.165, 1.54) is 16.8 Å². The first-order chi connectivity index (χ1) is 9.70. The van der Waals surface area contributed by atoms with Crippen molar-refractivity contribution in [1.82, 2.24) is 9.78 Å². The maximum Gasteiger partial charge on any atom is 0.416 e. The molecule has 21 heavy (non-hydrogen) atoms. The summed E-state index contributed by atoms with van der Waals surface area (Å²) in [5.41, 5.74) is 0.569. The molecule has 1 aromatic heterocycles. The number of nitrogens with zero attached hydrogens (tertiary/aromatic N) is 2. The van der Waals surface area contributed by atoms with E-state index < -0.39 is 11.7 Å². The van der Waals surface area contributed by atoms with Gasteiger partial charge in [-0.25, -0.2) is 0 Å². The van der Waals surface area contributed by atoms with Crippen molar-refractivity contribution in [2.45, 2.75) is 19.5 Å². The van der Waals surface area contributed by atoms with Crippen LogP contribution in [0.5, 0.6) is 0 Å². The summed E-state index contributed by atoms with van der Waals surface area (Å²) < 4.78 is 38.9. The molecule has 0 N–H and O–H groups in total. The predicted molar refractivity (Wildman–Crippen MR) is 72.4 cm³/mol. The standard InChI is InChI=1S/C14H12ClF3N2O/c1-8-13(15)11(20(2)19-8)7-12(21)9-3-5-10(6-4-9)14(16,17)18/h3-6H,7H2,1-2H3. The fourth-order valence-electron chi connectivity index (χ4n) is 1.97. The number of carbonyl (C=O) groups excluding carboxylic acids is 1. The van der Waals surface area contributed by atoms with E-state index in [2.05, 4.69) is 5.10 Å². The fourth-order valence-corrected chi connectivity index (χ4v) is 2.20. The highest BCUT2D eigenvalue weighted by molar-refractivity contribution is 6.32. The quantitative estimate of drug-likeness (QED) is 0.807. The highest BCUT2D eigenvalue weighted by atomic mass is 35.5. The zero-order valence-corrected chi connectivity index (χ0v) is 12.1. The summed E-state index contributed by atoms with van der Waals surface area (Å²) in [4.78, 5) is 12.1. The predicted octanol–water partition coefficient (Wildman–Crippen LogP) is 3.83. The number of alkyl halides is 3. The summed E-state index contributed by atoms with van der Waals surface area (Å²) in [6.45, 7) is 1.72. The molecule has 112 valence electrons. The lowest BCUT2D eigenvalue weighted by Gasteiger charge is -2.07. The van der Waals surface area contributed by atoms with Crippen LogP contribution in [0.1, 0.15) is 27.3 Å². The van der Waals surface area contributed by atoms with Crippen molar-refractivity contribution in [3.05, 3.63) is 51.8 Å². The number of aromatic nitrogens is 2. The zero-order chi connectivity index (χ0) is 15.8. The molecule has 0 saturated carbocycles. The lowest BCUT2D eigenvalue weighted by molar-refractivity contribution is -0.137. The lowest BCUT2D eigenvalue weighted by Crippen LogP contribution is -2.10. The Labute approximate surface area is 124 Å². The number of carbonyl (C=O) groups is 1. The highest BCUT2D eigenvalue weighted by Crippen LogP contribution is 2.29. The molecule has 2 aromatic rings. The molecule has 1 heterocycles. The van der Waals surface area contributed by atoms with Crippen LogP contribution in [0.2, 0.25) is 5.02 Å². The van der Waals surface area contributed by atoms with Gasteiger partial charge in [0.15, 0.2) is 5.78 Å². The van der Waals surface area contributed by atoms with Crippen LogP contribution < -0.4 is 0 Å². The van der Waals surface area contributed by atoms with Crippen LogP contribution in [0.25, 0.3) is 0 Å². The molecule has 0 aliphatic heterocycles. The van der Waals surface area contributed by atoms with Crippen LogP contribution in [0.4, 0.5) is 13.2 Å². The highest BCUT2D eigenvalue weighted by Gasteiger charge is 2.30. The Balaban J connectivity index is 2.21. The molecule has 0 fully saturated rings. The monoisotopic (exact) mass is 316 g/mol. The van der Waals surface area contributed by atoms with Crippen molar-refractivity contribution in [3.63, 3.8) is 0 Å². The molecule has 0 saturated heterocycles. The molecule has 0 atom stereocenters. The van der Waals surface area contributed by atoms with Gasteiger partial charge in [-0.3, -0.25) is 9.48 Å². The molecule has 1 aromatic carbocycles. The molecule has 0 amide bonds. The molecule has 0 unspecified atom stereocenters. The first-order valence-corrected chi connectivity index (χ1v) is 6.46. The average Bonchev–Trinajstić information content (AvgIpc) is 2.64. The van der Waals surface area contributed by atoms with Gasteiger partial charge < -0.3 is 0 Å². The Bertz CT molecular complexity index is 675. The lowest BCUT2D eigenvalue weighted by atomic mass is 10.0. The van der Waals surface area contributed by atoms with Crippen LogP contribution in [-0.2, 0) is 19.6 Å². The molecular weight excluding hydrogens is 305 g/mol. The van der Waals surface area contributed by atoms with Crippen LogP contribution in [-0.4, -0.2) is 15.6 Å². The smallest absolute Gasteiger partial charge is 0.294 e. The van der Waals surface area contributed by atoms with Crippen LogP contribution in [0.3, 0.4) is 0 Å². The van der Waals surface area contributed by atoms with Crippen LogP contribution in [0.15, 0.2) is 24.3 Å². The van der Waals surface area contributed by atoms with Crippen LogP contribution in [0, 0.1) is 6.92 Å². The molecule has 2 rings (SSSR count). The number of rotatable bonds is 3. The first kappa shape index (κ1) is 15.6. The summed E-state index contributed by atoms with van der Waals surface area (Å²) in [5.74, 6) is -0.311. The van der Waals surface area contributed by atoms with E-state index in [4.69, 9.17) is 11.6 Å². The molecular formula is C14H12ClF3N2O. The van der Waals surface area contributed by atoms with Gasteiger partial charge in [0.1, 0.15) is 0 Å². The van der Waals surface area contributed by atoms with Gasteiger partial charge >= 0.3 is 6.18 Å². The maximum absolute atomic E-state index is 12.5. The number of ketones is 1. The Kier molecular flexibility index (Phi) is 4.09. The molecule has 0 radical (unpaired) electrons. The number of hydrogen-bond acceptors (Lipinski definition) is 2. The minimum atomic E-state index is -4.41. The first-order valence-electron chi connectivity index (χ1n) is 6.08. The number of halogens is 4. The van der Waals surface area contributed by atoms with Crippen molar-refractivity contribution in [2.75, 3.05) is 0 Å². The fraction of sp³-hybridized carbons (Fsp3) is 0.286. The topological polar surface area (TPSA) is 34.9 Å². The summed E-state index contributed by atoms with van der Waals surface area (Å²) in [5, 5.41) is 4.49. The molecule has 0 aliphatic rings. The van der Waals surface area contributed by atoms with Crippen molar-refractivity contribution >= 4 is 17.4 Å². The van der Waals surface area contributed by atoms with E-state index >= 15 is 0 Å². The Morgan fingerprint density at radius 2 is 1.86 bits per heavy atom. The Morgan fingerprint density at radius 3 is 2.29 bits per heavy atom. The van der Waals surface area contributed by atoms with Gasteiger partial charge in [0, 0.05) is 12.6 Å². The van der Waals surface area contributed by atoms with Crippen LogP contribution >= 0.6 is 11.6 Å². The van der Waals surface area contributed by atoms with E-state index in [0.717, 1.165) is 12.1 Å². The summed E-state index contributed by atoms with van der Waals surface area (Å²) in [6.07, 6.45) is -4.43. The van der Waals surface area contributed by atoms with Crippen molar-refractivity contribution in [3.8, 4) is 0 Å². The van der Waals surface area contributed by atoms with E-state index in [-0.39, 0.29) is 17.8 Å². The third-order valence-electron chi connectivity index (χ3n) is 3.12. The second-order valence-electron chi connectivity index (χ2n) is 4.64. The normalized spacial score (nSPS) is 11.7. The maximum atomic E-state index is 12.5. The van der Waals surface area contributed by atoms with Gasteiger partial charge in [-0.15, -0.1) is 0 Å². The summed E-state index contributed by atoms with van der Waals surface area (Å²) in [7, 11) is 1.66. The van der Waals surface area contributed by atoms with Crippen molar-refractivity contribution in [2.24, 2.45) is 7.05 Å². The number of aryl methyl sites for hydroxylation is 2. The van der Waals surface area contributed by atoms with Crippen molar-refractivity contribution < 1.29 is 18.0 Å². The van der Waals surface area contributed by atoms with E-state index in [1.807, 2.05) is 0 Å². The second kappa shape index (κ2) is 5.52. The van der Waals surface area contributed by atoms with Gasteiger partial charge in [-0.1, -0.05) is 23.7 Å². The van der Waals surface area contributed by atoms with E-state index in [1.54, 1.807) is 14.0 Å². The van der Waals surface area contributed by atoms with Gasteiger partial charge in [0.2, 0.25) is 0 Å². The SMILES string of the molecule is Cc1nn(C)c(CC(=O)c2ccc(C(F)(F)F)cc2)c1Cl. The molecule has 0 bridgehead atoms.